The summed E-state index contributed by atoms with van der Waals surface area (Å²) >= 11 is 0. The number of ether oxygens (including phenoxy) is 3. The van der Waals surface area contributed by atoms with Crippen LogP contribution in [-0.2, 0) is 20.6 Å². The molecule has 4 nitrogen and oxygen atoms in total. The molecule has 0 saturated carbocycles. The molecule has 1 aromatic carbocycles. The molecule has 2 N–H and O–H groups in total. The third-order valence-electron chi connectivity index (χ3n) is 4.41. The number of nitrogens with two attached hydrogens (primary N) is 1. The number of rotatable bonds is 4. The molecule has 2 aliphatic heterocycles. The second-order valence-electron chi connectivity index (χ2n) is 5.62. The molecule has 2 heterocycles. The zero-order chi connectivity index (χ0) is 13.8. The van der Waals surface area contributed by atoms with Gasteiger partial charge in [0.05, 0.1) is 18.8 Å². The van der Waals surface area contributed by atoms with Gasteiger partial charge in [-0.1, -0.05) is 24.3 Å². The Morgan fingerprint density at radius 1 is 1.20 bits per heavy atom. The van der Waals surface area contributed by atoms with Gasteiger partial charge >= 0.3 is 0 Å². The third kappa shape index (κ3) is 2.88. The van der Waals surface area contributed by atoms with Crippen molar-refractivity contribution < 1.29 is 14.2 Å². The van der Waals surface area contributed by atoms with E-state index in [1.807, 2.05) is 0 Å². The topological polar surface area (TPSA) is 53.7 Å². The molecule has 1 unspecified atom stereocenters. The van der Waals surface area contributed by atoms with E-state index in [-0.39, 0.29) is 11.7 Å². The molecule has 0 radical (unpaired) electrons. The minimum Gasteiger partial charge on any atom is -0.381 e. The summed E-state index contributed by atoms with van der Waals surface area (Å²) in [6, 6.07) is 8.47. The summed E-state index contributed by atoms with van der Waals surface area (Å²) in [6.45, 7) is 3.36. The normalized spacial score (nSPS) is 25.1. The summed E-state index contributed by atoms with van der Waals surface area (Å²) in [6.07, 6.45) is 2.77. The van der Waals surface area contributed by atoms with Crippen molar-refractivity contribution in [2.75, 3.05) is 33.0 Å². The molecule has 110 valence electrons. The van der Waals surface area contributed by atoms with Crippen LogP contribution in [0.3, 0.4) is 0 Å². The van der Waals surface area contributed by atoms with Crippen molar-refractivity contribution in [2.45, 2.75) is 31.0 Å². The van der Waals surface area contributed by atoms with Gasteiger partial charge in [-0.15, -0.1) is 0 Å². The molecule has 0 aliphatic carbocycles. The van der Waals surface area contributed by atoms with Crippen LogP contribution in [0, 0.1) is 0 Å². The van der Waals surface area contributed by atoms with Crippen LogP contribution < -0.4 is 5.73 Å². The number of hydrogen-bond acceptors (Lipinski definition) is 4. The van der Waals surface area contributed by atoms with Gasteiger partial charge < -0.3 is 19.9 Å². The Hall–Kier alpha value is -0.940. The van der Waals surface area contributed by atoms with E-state index in [9.17, 15) is 0 Å². The quantitative estimate of drug-likeness (QED) is 0.912. The van der Waals surface area contributed by atoms with Crippen LogP contribution in [0.15, 0.2) is 24.3 Å². The molecule has 1 fully saturated rings. The maximum Gasteiger partial charge on any atom is 0.106 e. The van der Waals surface area contributed by atoms with Gasteiger partial charge in [0.15, 0.2) is 0 Å². The Labute approximate surface area is 120 Å². The molecule has 0 spiro atoms. The van der Waals surface area contributed by atoms with E-state index in [1.54, 1.807) is 0 Å². The first-order valence-electron chi connectivity index (χ1n) is 7.44. The van der Waals surface area contributed by atoms with Gasteiger partial charge in [0.25, 0.3) is 0 Å². The Bertz CT molecular complexity index is 443. The first kappa shape index (κ1) is 14.0. The van der Waals surface area contributed by atoms with Gasteiger partial charge in [-0.25, -0.2) is 0 Å². The van der Waals surface area contributed by atoms with Crippen molar-refractivity contribution in [1.29, 1.82) is 0 Å². The van der Waals surface area contributed by atoms with Crippen LogP contribution in [0.1, 0.15) is 30.1 Å². The first-order chi connectivity index (χ1) is 9.83. The van der Waals surface area contributed by atoms with Crippen LogP contribution in [0.25, 0.3) is 0 Å². The van der Waals surface area contributed by atoms with Gasteiger partial charge in [0.1, 0.15) is 6.10 Å². The number of fused-ring (bicyclic) bond motifs is 1. The van der Waals surface area contributed by atoms with E-state index in [2.05, 4.69) is 24.3 Å². The second-order valence-corrected chi connectivity index (χ2v) is 5.62. The molecule has 2 aliphatic rings. The number of hydrogen-bond donors (Lipinski definition) is 1. The number of benzene rings is 1. The van der Waals surface area contributed by atoms with E-state index < -0.39 is 0 Å². The smallest absolute Gasteiger partial charge is 0.106 e. The average molecular weight is 277 g/mol. The van der Waals surface area contributed by atoms with Crippen molar-refractivity contribution >= 4 is 0 Å². The lowest BCUT2D eigenvalue weighted by molar-refractivity contribution is -0.135. The molecule has 0 amide bonds. The summed E-state index contributed by atoms with van der Waals surface area (Å²) in [5.74, 6) is 0. The highest BCUT2D eigenvalue weighted by atomic mass is 16.5. The first-order valence-corrected chi connectivity index (χ1v) is 7.44. The second kappa shape index (κ2) is 6.22. The van der Waals surface area contributed by atoms with Gasteiger partial charge in [0, 0.05) is 32.6 Å². The fourth-order valence-electron chi connectivity index (χ4n) is 3.02. The molecule has 0 bridgehead atoms. The van der Waals surface area contributed by atoms with Crippen molar-refractivity contribution in [2.24, 2.45) is 5.73 Å². The molecule has 0 aromatic heterocycles. The van der Waals surface area contributed by atoms with E-state index in [0.29, 0.717) is 13.2 Å². The Morgan fingerprint density at radius 3 is 2.80 bits per heavy atom. The van der Waals surface area contributed by atoms with Crippen LogP contribution in [0.2, 0.25) is 0 Å². The Kier molecular flexibility index (Phi) is 4.36. The molecule has 1 aromatic rings. The van der Waals surface area contributed by atoms with Crippen LogP contribution >= 0.6 is 0 Å². The van der Waals surface area contributed by atoms with E-state index in [4.69, 9.17) is 19.9 Å². The molecular formula is C16H23NO3. The average Bonchev–Trinajstić information content (AvgIpc) is 2.54. The fraction of sp³-hybridized carbons (Fsp3) is 0.625. The van der Waals surface area contributed by atoms with Crippen LogP contribution in [0.5, 0.6) is 0 Å². The van der Waals surface area contributed by atoms with E-state index in [1.165, 1.54) is 11.1 Å². The minimum absolute atomic E-state index is 0.0335. The van der Waals surface area contributed by atoms with Crippen molar-refractivity contribution in [1.82, 2.24) is 0 Å². The lowest BCUT2D eigenvalue weighted by Crippen LogP contribution is -2.46. The van der Waals surface area contributed by atoms with Gasteiger partial charge in [-0.2, -0.15) is 0 Å². The maximum atomic E-state index is 6.19. The van der Waals surface area contributed by atoms with Crippen molar-refractivity contribution in [3.8, 4) is 0 Å². The van der Waals surface area contributed by atoms with Crippen LogP contribution in [0.4, 0.5) is 0 Å². The fourth-order valence-corrected chi connectivity index (χ4v) is 3.02. The van der Waals surface area contributed by atoms with Gasteiger partial charge in [0.2, 0.25) is 0 Å². The van der Waals surface area contributed by atoms with Crippen molar-refractivity contribution in [3.05, 3.63) is 35.4 Å². The molecule has 3 rings (SSSR count). The summed E-state index contributed by atoms with van der Waals surface area (Å²) < 4.78 is 17.5. The minimum atomic E-state index is -0.228. The predicted octanol–water partition coefficient (Wildman–Crippen LogP) is 1.82. The molecular weight excluding hydrogens is 254 g/mol. The van der Waals surface area contributed by atoms with Crippen molar-refractivity contribution in [3.63, 3.8) is 0 Å². The Balaban J connectivity index is 1.66. The maximum absolute atomic E-state index is 6.19. The monoisotopic (exact) mass is 277 g/mol. The Morgan fingerprint density at radius 2 is 2.00 bits per heavy atom. The highest BCUT2D eigenvalue weighted by molar-refractivity contribution is 5.30. The third-order valence-corrected chi connectivity index (χ3v) is 4.41. The summed E-state index contributed by atoms with van der Waals surface area (Å²) in [5, 5.41) is 0. The zero-order valence-electron chi connectivity index (χ0n) is 11.8. The van der Waals surface area contributed by atoms with Gasteiger partial charge in [-0.05, 0) is 17.5 Å². The van der Waals surface area contributed by atoms with E-state index >= 15 is 0 Å². The van der Waals surface area contributed by atoms with Crippen LogP contribution in [-0.4, -0.2) is 38.6 Å². The van der Waals surface area contributed by atoms with Gasteiger partial charge in [-0.3, -0.25) is 0 Å². The highest BCUT2D eigenvalue weighted by Crippen LogP contribution is 2.30. The zero-order valence-corrected chi connectivity index (χ0v) is 11.8. The molecule has 1 atom stereocenters. The predicted molar refractivity (Wildman–Crippen MR) is 76.6 cm³/mol. The summed E-state index contributed by atoms with van der Waals surface area (Å²) in [7, 11) is 0. The molecule has 4 heteroatoms. The molecule has 1 saturated heterocycles. The lowest BCUT2D eigenvalue weighted by Gasteiger charge is -2.38. The lowest BCUT2D eigenvalue weighted by atomic mass is 9.93. The largest absolute Gasteiger partial charge is 0.381 e. The summed E-state index contributed by atoms with van der Waals surface area (Å²) in [5.41, 5.74) is 8.34. The SMILES string of the molecule is NCC1(OCC2OCCc3ccccc32)CCOCC1. The standard InChI is InChI=1S/C16H23NO3/c17-12-16(6-9-18-10-7-16)20-11-15-14-4-2-1-3-13(14)5-8-19-15/h1-4,15H,5-12,17H2. The highest BCUT2D eigenvalue weighted by Gasteiger charge is 2.34. The van der Waals surface area contributed by atoms with E-state index in [0.717, 1.165) is 39.1 Å². The summed E-state index contributed by atoms with van der Waals surface area (Å²) in [4.78, 5) is 0. The molecule has 20 heavy (non-hydrogen) atoms.